The number of nitrogens with two attached hydrogens (primary N) is 1. The molecule has 0 spiro atoms. The Hall–Kier alpha value is -1.27. The van der Waals surface area contributed by atoms with E-state index in [2.05, 4.69) is 9.97 Å². The number of alkyl halides is 1. The van der Waals surface area contributed by atoms with Crippen LogP contribution in [0.2, 0.25) is 0 Å². The third-order valence-electron chi connectivity index (χ3n) is 4.48. The normalized spacial score (nSPS) is 36.6. The number of nitrogen functional groups attached to an aromatic ring is 1. The van der Waals surface area contributed by atoms with Crippen molar-refractivity contribution < 1.29 is 13.8 Å². The fourth-order valence-corrected chi connectivity index (χ4v) is 5.11. The molecule has 0 radical (unpaired) electrons. The van der Waals surface area contributed by atoms with Crippen molar-refractivity contribution in [3.8, 4) is 0 Å². The first kappa shape index (κ1) is 14.3. The summed E-state index contributed by atoms with van der Waals surface area (Å²) in [4.78, 5) is 7.57. The van der Waals surface area contributed by atoms with Crippen LogP contribution in [0.3, 0.4) is 0 Å². The van der Waals surface area contributed by atoms with Crippen LogP contribution < -0.4 is 5.73 Å². The lowest BCUT2D eigenvalue weighted by Crippen LogP contribution is -2.38. The minimum absolute atomic E-state index is 0.0341. The molecule has 2 saturated heterocycles. The van der Waals surface area contributed by atoms with E-state index in [1.807, 2.05) is 23.8 Å². The molecular formula is C13H15ClN4O3P+. The van der Waals surface area contributed by atoms with E-state index in [-0.39, 0.29) is 12.0 Å². The molecule has 0 bridgehead atoms. The van der Waals surface area contributed by atoms with Crippen LogP contribution >= 0.6 is 19.6 Å². The van der Waals surface area contributed by atoms with E-state index >= 15 is 0 Å². The molecule has 2 aliphatic heterocycles. The fourth-order valence-electron chi connectivity index (χ4n) is 3.28. The molecule has 0 aliphatic carbocycles. The van der Waals surface area contributed by atoms with Crippen LogP contribution in [0.5, 0.6) is 0 Å². The highest BCUT2D eigenvalue weighted by Crippen LogP contribution is 2.53. The number of halogens is 1. The second-order valence-electron chi connectivity index (χ2n) is 5.81. The van der Waals surface area contributed by atoms with Gasteiger partial charge in [0.05, 0.1) is 22.3 Å². The first-order valence-corrected chi connectivity index (χ1v) is 8.71. The van der Waals surface area contributed by atoms with E-state index in [0.29, 0.717) is 24.2 Å². The van der Waals surface area contributed by atoms with Crippen molar-refractivity contribution in [1.29, 1.82) is 0 Å². The number of nitrogens with zero attached hydrogens (tertiary/aromatic N) is 3. The Morgan fingerprint density at radius 3 is 3.18 bits per heavy atom. The number of hydrogen-bond donors (Lipinski definition) is 1. The first-order valence-electron chi connectivity index (χ1n) is 6.97. The van der Waals surface area contributed by atoms with Gasteiger partial charge < -0.3 is 15.0 Å². The van der Waals surface area contributed by atoms with Gasteiger partial charge in [-0.15, -0.1) is 16.1 Å². The number of rotatable bonds is 1. The number of fused-ring (bicyclic) bond motifs is 2. The quantitative estimate of drug-likeness (QED) is 0.632. The van der Waals surface area contributed by atoms with Gasteiger partial charge in [0.15, 0.2) is 12.4 Å². The van der Waals surface area contributed by atoms with E-state index in [1.54, 1.807) is 0 Å². The van der Waals surface area contributed by atoms with Crippen molar-refractivity contribution in [2.75, 3.05) is 18.5 Å². The molecule has 9 heteroatoms. The SMILES string of the molecule is C[C@@]1(Cl)[C@@H]2C[P+](=O)OC[C@H]2O[C@H]1n1ccc2c(N)ncnc21. The predicted molar refractivity (Wildman–Crippen MR) is 82.0 cm³/mol. The summed E-state index contributed by atoms with van der Waals surface area (Å²) in [7, 11) is -1.67. The number of aromatic nitrogens is 3. The summed E-state index contributed by atoms with van der Waals surface area (Å²) in [6, 6.07) is 1.85. The van der Waals surface area contributed by atoms with Gasteiger partial charge >= 0.3 is 8.03 Å². The summed E-state index contributed by atoms with van der Waals surface area (Å²) in [6.07, 6.45) is 3.08. The lowest BCUT2D eigenvalue weighted by molar-refractivity contribution is -0.0289. The number of ether oxygens (including phenoxy) is 1. The molecule has 2 aliphatic rings. The molecule has 2 aromatic heterocycles. The van der Waals surface area contributed by atoms with Crippen LogP contribution in [-0.2, 0) is 13.8 Å². The summed E-state index contributed by atoms with van der Waals surface area (Å²) in [6.45, 7) is 2.21. The average molecular weight is 342 g/mol. The molecule has 0 aromatic carbocycles. The Morgan fingerprint density at radius 1 is 1.55 bits per heavy atom. The van der Waals surface area contributed by atoms with Crippen molar-refractivity contribution in [3.05, 3.63) is 18.6 Å². The Labute approximate surface area is 132 Å². The van der Waals surface area contributed by atoms with Crippen LogP contribution in [0, 0.1) is 5.92 Å². The molecule has 22 heavy (non-hydrogen) atoms. The molecular weight excluding hydrogens is 327 g/mol. The first-order chi connectivity index (χ1) is 10.5. The zero-order chi connectivity index (χ0) is 15.5. The Balaban J connectivity index is 1.78. The third kappa shape index (κ3) is 1.97. The van der Waals surface area contributed by atoms with E-state index in [0.717, 1.165) is 5.39 Å². The lowest BCUT2D eigenvalue weighted by Gasteiger charge is -2.28. The van der Waals surface area contributed by atoms with Gasteiger partial charge in [0.25, 0.3) is 0 Å². The van der Waals surface area contributed by atoms with Crippen LogP contribution in [0.25, 0.3) is 11.0 Å². The highest BCUT2D eigenvalue weighted by Gasteiger charge is 2.59. The summed E-state index contributed by atoms with van der Waals surface area (Å²) in [5.74, 6) is 0.384. The zero-order valence-electron chi connectivity index (χ0n) is 11.8. The fraction of sp³-hybridized carbons (Fsp3) is 0.538. The Morgan fingerprint density at radius 2 is 2.36 bits per heavy atom. The van der Waals surface area contributed by atoms with E-state index in [1.165, 1.54) is 6.33 Å². The van der Waals surface area contributed by atoms with Crippen molar-refractivity contribution in [2.24, 2.45) is 5.92 Å². The van der Waals surface area contributed by atoms with Crippen LogP contribution in [0.4, 0.5) is 5.82 Å². The topological polar surface area (TPSA) is 92.3 Å². The molecule has 0 amide bonds. The molecule has 2 N–H and O–H groups in total. The van der Waals surface area contributed by atoms with Crippen molar-refractivity contribution in [2.45, 2.75) is 24.1 Å². The van der Waals surface area contributed by atoms with Crippen LogP contribution in [-0.4, -0.2) is 38.3 Å². The molecule has 2 aromatic rings. The van der Waals surface area contributed by atoms with Gasteiger partial charge in [-0.1, -0.05) is 0 Å². The van der Waals surface area contributed by atoms with E-state index < -0.39 is 19.1 Å². The third-order valence-corrected chi connectivity index (χ3v) is 6.08. The number of hydrogen-bond acceptors (Lipinski definition) is 6. The van der Waals surface area contributed by atoms with Crippen molar-refractivity contribution in [1.82, 2.24) is 14.5 Å². The average Bonchev–Trinajstić information content (AvgIpc) is 3.00. The van der Waals surface area contributed by atoms with Crippen molar-refractivity contribution >= 4 is 36.5 Å². The highest BCUT2D eigenvalue weighted by molar-refractivity contribution is 7.39. The maximum Gasteiger partial charge on any atom is 0.508 e. The largest absolute Gasteiger partial charge is 0.508 e. The predicted octanol–water partition coefficient (Wildman–Crippen LogP) is 2.30. The summed E-state index contributed by atoms with van der Waals surface area (Å²) < 4.78 is 24.9. The second-order valence-corrected chi connectivity index (χ2v) is 7.92. The highest BCUT2D eigenvalue weighted by atomic mass is 35.5. The molecule has 5 atom stereocenters. The Kier molecular flexibility index (Phi) is 3.17. The maximum absolute atomic E-state index is 11.7. The minimum atomic E-state index is -1.67. The summed E-state index contributed by atoms with van der Waals surface area (Å²) in [5, 5.41) is 0.760. The lowest BCUT2D eigenvalue weighted by atomic mass is 9.91. The maximum atomic E-state index is 11.7. The Bertz CT molecular complexity index is 765. The second kappa shape index (κ2) is 4.86. The monoisotopic (exact) mass is 341 g/mol. The van der Waals surface area contributed by atoms with Gasteiger partial charge in [-0.2, -0.15) is 0 Å². The van der Waals surface area contributed by atoms with Gasteiger partial charge in [0, 0.05) is 6.20 Å². The van der Waals surface area contributed by atoms with E-state index in [4.69, 9.17) is 26.6 Å². The minimum Gasteiger partial charge on any atom is -0.383 e. The van der Waals surface area contributed by atoms with Crippen LogP contribution in [0.1, 0.15) is 13.2 Å². The number of anilines is 1. The molecule has 0 saturated carbocycles. The van der Waals surface area contributed by atoms with E-state index in [9.17, 15) is 4.57 Å². The molecule has 2 fully saturated rings. The molecule has 7 nitrogen and oxygen atoms in total. The van der Waals surface area contributed by atoms with Crippen molar-refractivity contribution in [3.63, 3.8) is 0 Å². The summed E-state index contributed by atoms with van der Waals surface area (Å²) in [5.41, 5.74) is 6.55. The molecule has 4 heterocycles. The zero-order valence-corrected chi connectivity index (χ0v) is 13.5. The smallest absolute Gasteiger partial charge is 0.383 e. The van der Waals surface area contributed by atoms with Gasteiger partial charge in [-0.25, -0.2) is 9.97 Å². The van der Waals surface area contributed by atoms with Crippen LogP contribution in [0.15, 0.2) is 18.6 Å². The van der Waals surface area contributed by atoms with Gasteiger partial charge in [-0.3, -0.25) is 0 Å². The molecule has 4 rings (SSSR count). The van der Waals surface area contributed by atoms with Gasteiger partial charge in [0.1, 0.15) is 24.4 Å². The standard InChI is InChI=1S/C13H15ClN4O3P/c1-13(14)8-5-22(19)20-4-9(8)21-12(13)18-3-2-7-10(15)16-6-17-11(7)18/h2-3,6,8-9,12H,4-5H2,1H3,(H2,15,16,17)/q+1/t8-,9-,12-,13-/m1/s1. The van der Waals surface area contributed by atoms with Gasteiger partial charge in [0.2, 0.25) is 0 Å². The molecule has 1 unspecified atom stereocenters. The summed E-state index contributed by atoms with van der Waals surface area (Å²) >= 11 is 6.80. The van der Waals surface area contributed by atoms with Gasteiger partial charge in [-0.05, 0) is 17.6 Å². The molecule has 116 valence electrons.